The van der Waals surface area contributed by atoms with E-state index in [1.807, 2.05) is 13.8 Å². The van der Waals surface area contributed by atoms with Crippen molar-refractivity contribution in [1.29, 1.82) is 0 Å². The molecule has 0 saturated heterocycles. The molecule has 0 atom stereocenters. The highest BCUT2D eigenvalue weighted by atomic mass is 35.5. The number of hydrogen-bond donors (Lipinski definition) is 2. The van der Waals surface area contributed by atoms with Gasteiger partial charge >= 0.3 is 0 Å². The van der Waals surface area contributed by atoms with Crippen LogP contribution in [0.3, 0.4) is 0 Å². The molecule has 0 fully saturated rings. The molecular weight excluding hydrogens is 426 g/mol. The lowest BCUT2D eigenvalue weighted by Gasteiger charge is -2.23. The van der Waals surface area contributed by atoms with Crippen LogP contribution in [-0.2, 0) is 26.2 Å². The first-order valence-corrected chi connectivity index (χ1v) is 11.3. The van der Waals surface area contributed by atoms with Gasteiger partial charge in [0.1, 0.15) is 0 Å². The SMILES string of the molecule is CC(=O)Nc1ccc(S(=O)(=O)N(CC(=O)NCC(C)C)Cc2ccccc2Cl)cc1. The second-order valence-corrected chi connectivity index (χ2v) is 9.61. The minimum atomic E-state index is -3.99. The van der Waals surface area contributed by atoms with Gasteiger partial charge in [-0.3, -0.25) is 9.59 Å². The fourth-order valence-corrected chi connectivity index (χ4v) is 4.21. The summed E-state index contributed by atoms with van der Waals surface area (Å²) in [5, 5.41) is 5.75. The summed E-state index contributed by atoms with van der Waals surface area (Å²) in [4.78, 5) is 23.6. The molecule has 0 aliphatic heterocycles. The molecule has 0 spiro atoms. The van der Waals surface area contributed by atoms with Crippen molar-refractivity contribution in [2.45, 2.75) is 32.2 Å². The van der Waals surface area contributed by atoms with Crippen molar-refractivity contribution in [3.05, 3.63) is 59.1 Å². The van der Waals surface area contributed by atoms with E-state index in [0.29, 0.717) is 22.8 Å². The molecule has 0 bridgehead atoms. The number of hydrogen-bond acceptors (Lipinski definition) is 4. The number of halogens is 1. The molecular formula is C21H26ClN3O4S. The maximum absolute atomic E-state index is 13.3. The van der Waals surface area contributed by atoms with Crippen molar-refractivity contribution in [1.82, 2.24) is 9.62 Å². The molecule has 2 rings (SSSR count). The smallest absolute Gasteiger partial charge is 0.243 e. The van der Waals surface area contributed by atoms with Gasteiger partial charge in [-0.25, -0.2) is 8.42 Å². The Bertz CT molecular complexity index is 992. The van der Waals surface area contributed by atoms with E-state index < -0.39 is 15.9 Å². The number of nitrogens with one attached hydrogen (secondary N) is 2. The van der Waals surface area contributed by atoms with Crippen molar-refractivity contribution < 1.29 is 18.0 Å². The van der Waals surface area contributed by atoms with Crippen LogP contribution >= 0.6 is 11.6 Å². The molecule has 162 valence electrons. The second-order valence-electron chi connectivity index (χ2n) is 7.27. The van der Waals surface area contributed by atoms with Gasteiger partial charge < -0.3 is 10.6 Å². The predicted octanol–water partition coefficient (Wildman–Crippen LogP) is 3.26. The van der Waals surface area contributed by atoms with E-state index in [-0.39, 0.29) is 29.8 Å². The number of carbonyl (C=O) groups excluding carboxylic acids is 2. The molecule has 2 aromatic rings. The van der Waals surface area contributed by atoms with Gasteiger partial charge in [0.05, 0.1) is 11.4 Å². The lowest BCUT2D eigenvalue weighted by Crippen LogP contribution is -2.41. The van der Waals surface area contributed by atoms with Crippen molar-refractivity contribution in [2.24, 2.45) is 5.92 Å². The number of carbonyl (C=O) groups is 2. The molecule has 30 heavy (non-hydrogen) atoms. The number of benzene rings is 2. The van der Waals surface area contributed by atoms with Gasteiger partial charge in [-0.1, -0.05) is 43.6 Å². The van der Waals surface area contributed by atoms with Crippen LogP contribution in [0.5, 0.6) is 0 Å². The number of sulfonamides is 1. The van der Waals surface area contributed by atoms with Crippen LogP contribution in [0.15, 0.2) is 53.4 Å². The minimum Gasteiger partial charge on any atom is -0.355 e. The first kappa shape index (κ1) is 23.9. The molecule has 2 amide bonds. The van der Waals surface area contributed by atoms with Crippen LogP contribution in [0.25, 0.3) is 0 Å². The van der Waals surface area contributed by atoms with Gasteiger partial charge in [0.15, 0.2) is 0 Å². The van der Waals surface area contributed by atoms with Crippen molar-refractivity contribution in [3.63, 3.8) is 0 Å². The van der Waals surface area contributed by atoms with Crippen molar-refractivity contribution in [3.8, 4) is 0 Å². The highest BCUT2D eigenvalue weighted by Gasteiger charge is 2.27. The number of nitrogens with zero attached hydrogens (tertiary/aromatic N) is 1. The summed E-state index contributed by atoms with van der Waals surface area (Å²) in [6, 6.07) is 12.7. The Kier molecular flexibility index (Phi) is 8.40. The molecule has 0 unspecified atom stereocenters. The van der Waals surface area contributed by atoms with Gasteiger partial charge in [-0.15, -0.1) is 0 Å². The highest BCUT2D eigenvalue weighted by Crippen LogP contribution is 2.23. The Labute approximate surface area is 182 Å². The van der Waals surface area contributed by atoms with E-state index in [1.165, 1.54) is 31.2 Å². The third-order valence-corrected chi connectivity index (χ3v) is 6.32. The molecule has 9 heteroatoms. The molecule has 2 N–H and O–H groups in total. The topological polar surface area (TPSA) is 95.6 Å². The van der Waals surface area contributed by atoms with Crippen molar-refractivity contribution >= 4 is 39.1 Å². The lowest BCUT2D eigenvalue weighted by atomic mass is 10.2. The van der Waals surface area contributed by atoms with Gasteiger partial charge in [0, 0.05) is 30.7 Å². The van der Waals surface area contributed by atoms with Crippen LogP contribution in [0.1, 0.15) is 26.3 Å². The minimum absolute atomic E-state index is 0.0142. The van der Waals surface area contributed by atoms with Gasteiger partial charge in [-0.2, -0.15) is 4.31 Å². The molecule has 0 aliphatic carbocycles. The summed E-state index contributed by atoms with van der Waals surface area (Å²) in [5.74, 6) is -0.411. The summed E-state index contributed by atoms with van der Waals surface area (Å²) < 4.78 is 27.6. The quantitative estimate of drug-likeness (QED) is 0.611. The summed E-state index contributed by atoms with van der Waals surface area (Å²) in [6.07, 6.45) is 0. The van der Waals surface area contributed by atoms with E-state index in [2.05, 4.69) is 10.6 Å². The third-order valence-electron chi connectivity index (χ3n) is 4.14. The van der Waals surface area contributed by atoms with Gasteiger partial charge in [-0.05, 0) is 41.8 Å². The summed E-state index contributed by atoms with van der Waals surface area (Å²) >= 11 is 6.21. The average molecular weight is 452 g/mol. The molecule has 2 aromatic carbocycles. The molecule has 0 aliphatic rings. The van der Waals surface area contributed by atoms with Gasteiger partial charge in [0.25, 0.3) is 0 Å². The van der Waals surface area contributed by atoms with Crippen molar-refractivity contribution in [2.75, 3.05) is 18.4 Å². The molecule has 0 aromatic heterocycles. The monoisotopic (exact) mass is 451 g/mol. The van der Waals surface area contributed by atoms with E-state index in [1.54, 1.807) is 24.3 Å². The van der Waals surface area contributed by atoms with Crippen LogP contribution in [0.2, 0.25) is 5.02 Å². The second kappa shape index (κ2) is 10.6. The van der Waals surface area contributed by atoms with Crippen LogP contribution < -0.4 is 10.6 Å². The molecule has 0 radical (unpaired) electrons. The standard InChI is InChI=1S/C21H26ClN3O4S/c1-15(2)12-23-21(27)14-25(13-17-6-4-5-7-20(17)22)30(28,29)19-10-8-18(9-11-19)24-16(3)26/h4-11,15H,12-14H2,1-3H3,(H,23,27)(H,24,26). The number of amides is 2. The maximum Gasteiger partial charge on any atom is 0.243 e. The van der Waals surface area contributed by atoms with E-state index in [4.69, 9.17) is 11.6 Å². The maximum atomic E-state index is 13.3. The van der Waals surface area contributed by atoms with Crippen LogP contribution in [-0.4, -0.2) is 37.6 Å². The van der Waals surface area contributed by atoms with Crippen LogP contribution in [0.4, 0.5) is 5.69 Å². The Hall–Kier alpha value is -2.42. The Morgan fingerprint density at radius 2 is 1.70 bits per heavy atom. The number of rotatable bonds is 9. The summed E-state index contributed by atoms with van der Waals surface area (Å²) in [6.45, 7) is 5.33. The largest absolute Gasteiger partial charge is 0.355 e. The molecule has 0 saturated carbocycles. The highest BCUT2D eigenvalue weighted by molar-refractivity contribution is 7.89. The first-order valence-electron chi connectivity index (χ1n) is 9.47. The van der Waals surface area contributed by atoms with E-state index >= 15 is 0 Å². The number of anilines is 1. The molecule has 0 heterocycles. The average Bonchev–Trinajstić information content (AvgIpc) is 2.67. The third kappa shape index (κ3) is 6.83. The van der Waals surface area contributed by atoms with E-state index in [0.717, 1.165) is 4.31 Å². The normalized spacial score (nSPS) is 11.5. The zero-order valence-corrected chi connectivity index (χ0v) is 18.8. The fourth-order valence-electron chi connectivity index (χ4n) is 2.64. The summed E-state index contributed by atoms with van der Waals surface area (Å²) in [5.41, 5.74) is 1.07. The van der Waals surface area contributed by atoms with Crippen LogP contribution in [0, 0.1) is 5.92 Å². The van der Waals surface area contributed by atoms with E-state index in [9.17, 15) is 18.0 Å². The Balaban J connectivity index is 2.32. The molecule has 7 nitrogen and oxygen atoms in total. The van der Waals surface area contributed by atoms with Gasteiger partial charge in [0.2, 0.25) is 21.8 Å². The lowest BCUT2D eigenvalue weighted by molar-refractivity contribution is -0.121. The Morgan fingerprint density at radius 3 is 2.27 bits per heavy atom. The zero-order chi connectivity index (χ0) is 22.3. The summed E-state index contributed by atoms with van der Waals surface area (Å²) in [7, 11) is -3.99. The Morgan fingerprint density at radius 1 is 1.07 bits per heavy atom. The first-order chi connectivity index (χ1) is 14.1. The predicted molar refractivity (Wildman–Crippen MR) is 118 cm³/mol. The zero-order valence-electron chi connectivity index (χ0n) is 17.2. The fraction of sp³-hybridized carbons (Fsp3) is 0.333.